The van der Waals surface area contributed by atoms with Crippen LogP contribution in [0.25, 0.3) is 27.3 Å². The van der Waals surface area contributed by atoms with Gasteiger partial charge in [0.2, 0.25) is 5.78 Å². The molecule has 0 aliphatic rings. The second kappa shape index (κ2) is 9.03. The molecule has 5 rings (SSSR count). The third-order valence-electron chi connectivity index (χ3n) is 5.62. The van der Waals surface area contributed by atoms with Gasteiger partial charge in [-0.05, 0) is 55.5 Å². The lowest BCUT2D eigenvalue weighted by Gasteiger charge is -2.06. The van der Waals surface area contributed by atoms with Crippen molar-refractivity contribution in [1.29, 1.82) is 0 Å². The Labute approximate surface area is 204 Å². The minimum atomic E-state index is -0.437. The number of carbonyl (C=O) groups is 1. The van der Waals surface area contributed by atoms with E-state index in [1.165, 1.54) is 23.5 Å². The summed E-state index contributed by atoms with van der Waals surface area (Å²) in [6.45, 7) is 2.45. The van der Waals surface area contributed by atoms with Crippen molar-refractivity contribution in [2.24, 2.45) is 0 Å². The molecule has 0 bridgehead atoms. The molecule has 0 radical (unpaired) electrons. The number of anilines is 1. The predicted molar refractivity (Wildman–Crippen MR) is 136 cm³/mol. The van der Waals surface area contributed by atoms with Crippen LogP contribution in [-0.4, -0.2) is 26.7 Å². The number of nitrogens with two attached hydrogens (primary N) is 1. The topological polar surface area (TPSA) is 113 Å². The van der Waals surface area contributed by atoms with E-state index >= 15 is 0 Å². The number of hydrogen-bond acceptors (Lipinski definition) is 7. The van der Waals surface area contributed by atoms with Crippen molar-refractivity contribution in [3.63, 3.8) is 0 Å². The molecule has 0 unspecified atom stereocenters. The fraction of sp³-hybridized carbons (Fsp3) is 0.0769. The number of aromatic nitrogens is 2. The largest absolute Gasteiger partial charge is 0.494 e. The van der Waals surface area contributed by atoms with Gasteiger partial charge in [0.15, 0.2) is 0 Å². The van der Waals surface area contributed by atoms with Gasteiger partial charge in [-0.3, -0.25) is 14.9 Å². The fourth-order valence-corrected chi connectivity index (χ4v) is 4.86. The molecule has 5 aromatic rings. The standard InChI is InChI=1S/C26H20N4O4S/c1-2-34-19-12-8-17(9-13-19)25(31)24-23(27)22(21-5-3-4-14-29(21)24)26-28-20(15-35-26)16-6-10-18(11-7-16)30(32)33/h3-15H,2,27H2,1H3. The first kappa shape index (κ1) is 22.3. The van der Waals surface area contributed by atoms with Gasteiger partial charge in [0.1, 0.15) is 16.5 Å². The normalized spacial score (nSPS) is 11.0. The molecule has 0 spiro atoms. The van der Waals surface area contributed by atoms with Gasteiger partial charge in [0, 0.05) is 34.8 Å². The number of ketones is 1. The van der Waals surface area contributed by atoms with Crippen LogP contribution in [-0.2, 0) is 0 Å². The van der Waals surface area contributed by atoms with E-state index in [1.807, 2.05) is 36.7 Å². The Bertz CT molecular complexity index is 1550. The molecule has 3 heterocycles. The average molecular weight is 485 g/mol. The Morgan fingerprint density at radius 2 is 1.86 bits per heavy atom. The van der Waals surface area contributed by atoms with Crippen LogP contribution in [0.2, 0.25) is 0 Å². The van der Waals surface area contributed by atoms with Gasteiger partial charge in [-0.25, -0.2) is 4.98 Å². The highest BCUT2D eigenvalue weighted by Crippen LogP contribution is 2.39. The minimum Gasteiger partial charge on any atom is -0.494 e. The Hall–Kier alpha value is -4.50. The van der Waals surface area contributed by atoms with E-state index in [1.54, 1.807) is 40.8 Å². The maximum Gasteiger partial charge on any atom is 0.269 e. The third kappa shape index (κ3) is 4.02. The highest BCUT2D eigenvalue weighted by atomic mass is 32.1. The average Bonchev–Trinajstić information content (AvgIpc) is 3.46. The summed E-state index contributed by atoms with van der Waals surface area (Å²) in [5.74, 6) is 0.490. The number of nitro groups is 1. The Morgan fingerprint density at radius 1 is 1.11 bits per heavy atom. The summed E-state index contributed by atoms with van der Waals surface area (Å²) in [5, 5.41) is 13.5. The zero-order valence-electron chi connectivity index (χ0n) is 18.7. The molecular formula is C26H20N4O4S. The molecule has 0 saturated carbocycles. The van der Waals surface area contributed by atoms with E-state index in [0.717, 1.165) is 11.1 Å². The number of non-ortho nitro benzene ring substituents is 1. The van der Waals surface area contributed by atoms with Gasteiger partial charge in [0.25, 0.3) is 5.69 Å². The molecule has 35 heavy (non-hydrogen) atoms. The van der Waals surface area contributed by atoms with Crippen LogP contribution in [0.3, 0.4) is 0 Å². The van der Waals surface area contributed by atoms with E-state index in [-0.39, 0.29) is 11.5 Å². The number of hydrogen-bond donors (Lipinski definition) is 1. The monoisotopic (exact) mass is 484 g/mol. The van der Waals surface area contributed by atoms with E-state index in [0.29, 0.717) is 45.6 Å². The lowest BCUT2D eigenvalue weighted by Crippen LogP contribution is -2.08. The zero-order chi connectivity index (χ0) is 24.5. The van der Waals surface area contributed by atoms with Crippen LogP contribution in [0.1, 0.15) is 23.0 Å². The molecule has 2 N–H and O–H groups in total. The smallest absolute Gasteiger partial charge is 0.269 e. The van der Waals surface area contributed by atoms with Crippen LogP contribution in [0, 0.1) is 10.1 Å². The van der Waals surface area contributed by atoms with Gasteiger partial charge in [-0.1, -0.05) is 6.07 Å². The first-order valence-corrected chi connectivity index (χ1v) is 11.7. The molecule has 8 nitrogen and oxygen atoms in total. The number of fused-ring (bicyclic) bond motifs is 1. The number of rotatable bonds is 7. The highest BCUT2D eigenvalue weighted by molar-refractivity contribution is 7.13. The quantitative estimate of drug-likeness (QED) is 0.176. The minimum absolute atomic E-state index is 0.0179. The van der Waals surface area contributed by atoms with Gasteiger partial charge >= 0.3 is 0 Å². The van der Waals surface area contributed by atoms with Crippen LogP contribution in [0.4, 0.5) is 11.4 Å². The lowest BCUT2D eigenvalue weighted by molar-refractivity contribution is -0.384. The van der Waals surface area contributed by atoms with E-state index < -0.39 is 4.92 Å². The van der Waals surface area contributed by atoms with Crippen molar-refractivity contribution in [2.75, 3.05) is 12.3 Å². The zero-order valence-corrected chi connectivity index (χ0v) is 19.5. The number of nitro benzene ring substituents is 1. The van der Waals surface area contributed by atoms with Crippen LogP contribution < -0.4 is 10.5 Å². The van der Waals surface area contributed by atoms with Crippen molar-refractivity contribution in [3.05, 3.63) is 99.7 Å². The SMILES string of the molecule is CCOc1ccc(C(=O)c2c(N)c(-c3nc(-c4ccc([N+](=O)[O-])cc4)cs3)c3ccccn23)cc1. The molecule has 0 fully saturated rings. The summed E-state index contributed by atoms with van der Waals surface area (Å²) in [7, 11) is 0. The first-order chi connectivity index (χ1) is 17.0. The van der Waals surface area contributed by atoms with Gasteiger partial charge in [-0.2, -0.15) is 0 Å². The number of benzene rings is 2. The number of carbonyl (C=O) groups excluding carboxylic acids is 1. The van der Waals surface area contributed by atoms with Crippen molar-refractivity contribution in [1.82, 2.24) is 9.38 Å². The van der Waals surface area contributed by atoms with Crippen molar-refractivity contribution >= 4 is 34.0 Å². The molecule has 0 aliphatic heterocycles. The van der Waals surface area contributed by atoms with Gasteiger partial charge in [-0.15, -0.1) is 11.3 Å². The summed E-state index contributed by atoms with van der Waals surface area (Å²) in [6, 6.07) is 18.8. The highest BCUT2D eigenvalue weighted by Gasteiger charge is 2.25. The van der Waals surface area contributed by atoms with Crippen molar-refractivity contribution in [2.45, 2.75) is 6.92 Å². The summed E-state index contributed by atoms with van der Waals surface area (Å²) < 4.78 is 7.27. The summed E-state index contributed by atoms with van der Waals surface area (Å²) in [6.07, 6.45) is 1.81. The number of nitrogen functional groups attached to an aromatic ring is 1. The molecule has 0 atom stereocenters. The number of pyridine rings is 1. The molecule has 3 aromatic heterocycles. The summed E-state index contributed by atoms with van der Waals surface area (Å²) >= 11 is 1.40. The predicted octanol–water partition coefficient (Wildman–Crippen LogP) is 5.85. The van der Waals surface area contributed by atoms with Crippen LogP contribution in [0.5, 0.6) is 5.75 Å². The fourth-order valence-electron chi connectivity index (χ4n) is 3.97. The molecule has 0 saturated heterocycles. The van der Waals surface area contributed by atoms with E-state index in [9.17, 15) is 14.9 Å². The van der Waals surface area contributed by atoms with E-state index in [4.69, 9.17) is 15.5 Å². The van der Waals surface area contributed by atoms with Gasteiger partial charge < -0.3 is 14.9 Å². The number of ether oxygens (including phenoxy) is 1. The number of nitrogens with zero attached hydrogens (tertiary/aromatic N) is 3. The summed E-state index contributed by atoms with van der Waals surface area (Å²) in [5.41, 5.74) is 10.7. The molecular weight excluding hydrogens is 464 g/mol. The van der Waals surface area contributed by atoms with Gasteiger partial charge in [0.05, 0.1) is 34.0 Å². The third-order valence-corrected chi connectivity index (χ3v) is 6.48. The van der Waals surface area contributed by atoms with Crippen LogP contribution >= 0.6 is 11.3 Å². The molecule has 0 aliphatic carbocycles. The molecule has 174 valence electrons. The molecule has 9 heteroatoms. The van der Waals surface area contributed by atoms with Crippen LogP contribution in [0.15, 0.2) is 78.3 Å². The Balaban J connectivity index is 1.57. The first-order valence-electron chi connectivity index (χ1n) is 10.8. The Kier molecular flexibility index (Phi) is 5.76. The van der Waals surface area contributed by atoms with Crippen molar-refractivity contribution < 1.29 is 14.5 Å². The summed E-state index contributed by atoms with van der Waals surface area (Å²) in [4.78, 5) is 28.7. The van der Waals surface area contributed by atoms with Crippen molar-refractivity contribution in [3.8, 4) is 27.6 Å². The maximum atomic E-state index is 13.5. The molecule has 2 aromatic carbocycles. The van der Waals surface area contributed by atoms with E-state index in [2.05, 4.69) is 0 Å². The number of thiazole rings is 1. The Morgan fingerprint density at radius 3 is 2.54 bits per heavy atom. The second-order valence-corrected chi connectivity index (χ2v) is 8.58. The second-order valence-electron chi connectivity index (χ2n) is 7.72. The lowest BCUT2D eigenvalue weighted by atomic mass is 10.1. The maximum absolute atomic E-state index is 13.5. The molecule has 0 amide bonds.